The van der Waals surface area contributed by atoms with E-state index in [0.29, 0.717) is 5.75 Å². The Balaban J connectivity index is 1.97. The summed E-state index contributed by atoms with van der Waals surface area (Å²) in [6.45, 7) is 5.35. The van der Waals surface area contributed by atoms with Crippen LogP contribution in [0.5, 0.6) is 5.75 Å². The third kappa shape index (κ3) is 4.35. The monoisotopic (exact) mass is 280 g/mol. The molecule has 0 heterocycles. The lowest BCUT2D eigenvalue weighted by atomic mass is 10.0. The summed E-state index contributed by atoms with van der Waals surface area (Å²) in [6.07, 6.45) is 3.57. The zero-order chi connectivity index (χ0) is 15.1. The molecule has 0 amide bonds. The highest BCUT2D eigenvalue weighted by molar-refractivity contribution is 5.81. The van der Waals surface area contributed by atoms with Crippen molar-refractivity contribution in [2.24, 2.45) is 0 Å². The Kier molecular flexibility index (Phi) is 4.94. The molecule has 0 spiro atoms. The van der Waals surface area contributed by atoms with Crippen LogP contribution in [-0.2, 0) is 9.53 Å². The van der Waals surface area contributed by atoms with Gasteiger partial charge in [0.05, 0.1) is 0 Å². The van der Waals surface area contributed by atoms with Gasteiger partial charge in [-0.3, -0.25) is 0 Å². The first-order valence-electron chi connectivity index (χ1n) is 6.51. The van der Waals surface area contributed by atoms with Crippen molar-refractivity contribution in [3.05, 3.63) is 79.3 Å². The Labute approximate surface area is 124 Å². The van der Waals surface area contributed by atoms with E-state index in [1.807, 2.05) is 24.3 Å². The van der Waals surface area contributed by atoms with Crippen molar-refractivity contribution in [1.82, 2.24) is 0 Å². The molecule has 3 heteroatoms. The van der Waals surface area contributed by atoms with Crippen LogP contribution in [0.1, 0.15) is 5.56 Å². The Hall–Kier alpha value is -2.81. The van der Waals surface area contributed by atoms with Crippen LogP contribution in [0, 0.1) is 6.92 Å². The summed E-state index contributed by atoms with van der Waals surface area (Å²) in [6, 6.07) is 16.0. The summed E-state index contributed by atoms with van der Waals surface area (Å²) in [7, 11) is 0. The lowest BCUT2D eigenvalue weighted by Gasteiger charge is -2.04. The molecule has 0 aliphatic heterocycles. The van der Waals surface area contributed by atoms with Crippen molar-refractivity contribution in [2.45, 2.75) is 6.92 Å². The van der Waals surface area contributed by atoms with Crippen LogP contribution in [0.3, 0.4) is 0 Å². The molecule has 0 aromatic heterocycles. The van der Waals surface area contributed by atoms with E-state index >= 15 is 0 Å². The molecule has 21 heavy (non-hydrogen) atoms. The Morgan fingerprint density at radius 3 is 2.10 bits per heavy atom. The minimum absolute atomic E-state index is 0.524. The van der Waals surface area contributed by atoms with Crippen molar-refractivity contribution in [3.8, 4) is 16.9 Å². The summed E-state index contributed by atoms with van der Waals surface area (Å²) in [5.41, 5.74) is 3.50. The molecule has 2 rings (SSSR count). The first kappa shape index (κ1) is 14.6. The molecular weight excluding hydrogens is 264 g/mol. The molecule has 0 fully saturated rings. The number of hydrogen-bond acceptors (Lipinski definition) is 3. The topological polar surface area (TPSA) is 35.5 Å². The Bertz CT molecular complexity index is 637. The average Bonchev–Trinajstić information content (AvgIpc) is 2.52. The molecule has 0 N–H and O–H groups in total. The second kappa shape index (κ2) is 7.10. The fraction of sp³-hybridized carbons (Fsp3) is 0.0556. The molecule has 0 bridgehead atoms. The summed E-state index contributed by atoms with van der Waals surface area (Å²) < 4.78 is 9.97. The van der Waals surface area contributed by atoms with Crippen molar-refractivity contribution >= 4 is 5.97 Å². The van der Waals surface area contributed by atoms with Crippen molar-refractivity contribution in [3.63, 3.8) is 0 Å². The van der Waals surface area contributed by atoms with E-state index in [1.165, 1.54) is 18.1 Å². The molecule has 3 nitrogen and oxygen atoms in total. The maximum Gasteiger partial charge on any atom is 0.335 e. The average molecular weight is 280 g/mol. The molecule has 2 aromatic carbocycles. The van der Waals surface area contributed by atoms with Gasteiger partial charge in [0.1, 0.15) is 18.3 Å². The van der Waals surface area contributed by atoms with E-state index in [4.69, 9.17) is 4.74 Å². The van der Waals surface area contributed by atoms with Gasteiger partial charge in [-0.1, -0.05) is 48.5 Å². The van der Waals surface area contributed by atoms with Gasteiger partial charge < -0.3 is 9.47 Å². The minimum Gasteiger partial charge on any atom is -0.462 e. The molecule has 0 aliphatic rings. The van der Waals surface area contributed by atoms with Crippen LogP contribution in [0.15, 0.2) is 73.7 Å². The van der Waals surface area contributed by atoms with Crippen molar-refractivity contribution < 1.29 is 14.3 Å². The normalized spacial score (nSPS) is 10.3. The number of rotatable bonds is 5. The van der Waals surface area contributed by atoms with E-state index in [0.717, 1.165) is 17.2 Å². The fourth-order valence-electron chi connectivity index (χ4n) is 1.72. The van der Waals surface area contributed by atoms with E-state index in [-0.39, 0.29) is 0 Å². The molecule has 0 atom stereocenters. The summed E-state index contributed by atoms with van der Waals surface area (Å²) in [4.78, 5) is 10.8. The summed E-state index contributed by atoms with van der Waals surface area (Å²) in [5.74, 6) is 0.140. The van der Waals surface area contributed by atoms with Crippen LogP contribution in [0.25, 0.3) is 11.1 Å². The van der Waals surface area contributed by atoms with E-state index in [1.54, 1.807) is 0 Å². The number of esters is 1. The Morgan fingerprint density at radius 2 is 1.52 bits per heavy atom. The van der Waals surface area contributed by atoms with E-state index in [9.17, 15) is 4.79 Å². The highest BCUT2D eigenvalue weighted by Gasteiger charge is 1.98. The van der Waals surface area contributed by atoms with Crippen LogP contribution in [0.2, 0.25) is 0 Å². The number of hydrogen-bond donors (Lipinski definition) is 0. The molecule has 0 radical (unpaired) electrons. The second-order valence-electron chi connectivity index (χ2n) is 4.42. The maximum atomic E-state index is 10.8. The standard InChI is InChI=1S/C18H16O3/c1-3-18(19)21-13-12-20-17-10-8-16(9-11-17)15-6-4-14(2)5-7-15/h3-13H,1H2,2H3/b13-12-. The number of benzene rings is 2. The van der Waals surface area contributed by atoms with Gasteiger partial charge in [0.2, 0.25) is 0 Å². The van der Waals surface area contributed by atoms with Crippen LogP contribution >= 0.6 is 0 Å². The summed E-state index contributed by atoms with van der Waals surface area (Å²) in [5, 5.41) is 0. The van der Waals surface area contributed by atoms with E-state index < -0.39 is 5.97 Å². The predicted octanol–water partition coefficient (Wildman–Crippen LogP) is 4.24. The van der Waals surface area contributed by atoms with Crippen LogP contribution in [-0.4, -0.2) is 5.97 Å². The van der Waals surface area contributed by atoms with Crippen LogP contribution in [0.4, 0.5) is 0 Å². The van der Waals surface area contributed by atoms with Gasteiger partial charge in [-0.2, -0.15) is 0 Å². The predicted molar refractivity (Wildman–Crippen MR) is 82.7 cm³/mol. The fourth-order valence-corrected chi connectivity index (χ4v) is 1.72. The molecule has 0 aliphatic carbocycles. The van der Waals surface area contributed by atoms with Gasteiger partial charge in [-0.15, -0.1) is 0 Å². The summed E-state index contributed by atoms with van der Waals surface area (Å²) >= 11 is 0. The third-order valence-corrected chi connectivity index (χ3v) is 2.85. The van der Waals surface area contributed by atoms with E-state index in [2.05, 4.69) is 42.5 Å². The highest BCUT2D eigenvalue weighted by atomic mass is 16.5. The molecule has 0 saturated heterocycles. The zero-order valence-electron chi connectivity index (χ0n) is 11.8. The number of ether oxygens (including phenoxy) is 2. The first-order valence-corrected chi connectivity index (χ1v) is 6.51. The number of carbonyl (C=O) groups excluding carboxylic acids is 1. The largest absolute Gasteiger partial charge is 0.462 e. The Morgan fingerprint density at radius 1 is 0.952 bits per heavy atom. The van der Waals surface area contributed by atoms with Gasteiger partial charge in [-0.05, 0) is 30.2 Å². The molecule has 0 unspecified atom stereocenters. The van der Waals surface area contributed by atoms with Gasteiger partial charge in [-0.25, -0.2) is 4.79 Å². The highest BCUT2D eigenvalue weighted by Crippen LogP contribution is 2.22. The second-order valence-corrected chi connectivity index (χ2v) is 4.42. The molecule has 106 valence electrons. The maximum absolute atomic E-state index is 10.8. The SMILES string of the molecule is C=CC(=O)O/C=C\Oc1ccc(-c2ccc(C)cc2)cc1. The third-order valence-electron chi connectivity index (χ3n) is 2.85. The smallest absolute Gasteiger partial charge is 0.335 e. The molecule has 2 aromatic rings. The van der Waals surface area contributed by atoms with Gasteiger partial charge >= 0.3 is 5.97 Å². The molecular formula is C18H16O3. The lowest BCUT2D eigenvalue weighted by Crippen LogP contribution is -1.93. The lowest BCUT2D eigenvalue weighted by molar-refractivity contribution is -0.132. The zero-order valence-corrected chi connectivity index (χ0v) is 11.8. The quantitative estimate of drug-likeness (QED) is 0.467. The van der Waals surface area contributed by atoms with Crippen molar-refractivity contribution in [2.75, 3.05) is 0 Å². The minimum atomic E-state index is -0.524. The molecule has 0 saturated carbocycles. The van der Waals surface area contributed by atoms with Crippen LogP contribution < -0.4 is 4.74 Å². The van der Waals surface area contributed by atoms with Gasteiger partial charge in [0, 0.05) is 6.08 Å². The van der Waals surface area contributed by atoms with Gasteiger partial charge in [0.25, 0.3) is 0 Å². The first-order chi connectivity index (χ1) is 10.2. The number of aryl methyl sites for hydroxylation is 1. The number of carbonyl (C=O) groups is 1. The van der Waals surface area contributed by atoms with Crippen molar-refractivity contribution in [1.29, 1.82) is 0 Å². The van der Waals surface area contributed by atoms with Gasteiger partial charge in [0.15, 0.2) is 0 Å².